The van der Waals surface area contributed by atoms with Gasteiger partial charge in [-0.25, -0.2) is 4.39 Å². The fourth-order valence-electron chi connectivity index (χ4n) is 2.35. The largest absolute Gasteiger partial charge is 0.393 e. The fraction of sp³-hybridized carbons (Fsp3) is 0.300. The number of allylic oxidation sites excluding steroid dienone is 2. The summed E-state index contributed by atoms with van der Waals surface area (Å²) in [5.74, 6) is -0.253. The third-order valence-corrected chi connectivity index (χ3v) is 3.68. The van der Waals surface area contributed by atoms with Crippen LogP contribution in [-0.2, 0) is 6.42 Å². The van der Waals surface area contributed by atoms with Crippen LogP contribution in [0.1, 0.15) is 37.4 Å². The molecule has 0 amide bonds. The summed E-state index contributed by atoms with van der Waals surface area (Å²) in [4.78, 5) is 0. The monoisotopic (exact) mass is 326 g/mol. The predicted molar refractivity (Wildman–Crippen MR) is 95.9 cm³/mol. The van der Waals surface area contributed by atoms with Crippen LogP contribution in [0.5, 0.6) is 0 Å². The molecule has 24 heavy (non-hydrogen) atoms. The van der Waals surface area contributed by atoms with Gasteiger partial charge >= 0.3 is 0 Å². The number of halogens is 1. The number of hydrogen-bond donors (Lipinski definition) is 1. The predicted octanol–water partition coefficient (Wildman–Crippen LogP) is 4.58. The molecule has 4 heteroatoms. The number of aliphatic hydroxyl groups is 1. The molecule has 1 aromatic carbocycles. The number of rotatable bonds is 8. The summed E-state index contributed by atoms with van der Waals surface area (Å²) in [6.45, 7) is 5.42. The Morgan fingerprint density at radius 1 is 1.25 bits per heavy atom. The average molecular weight is 326 g/mol. The highest BCUT2D eigenvalue weighted by molar-refractivity contribution is 5.60. The maximum Gasteiger partial charge on any atom is 0.127 e. The normalized spacial score (nSPS) is 12.5. The van der Waals surface area contributed by atoms with Gasteiger partial charge in [-0.15, -0.1) is 11.7 Å². The van der Waals surface area contributed by atoms with Gasteiger partial charge in [-0.05, 0) is 62.4 Å². The van der Waals surface area contributed by atoms with Crippen molar-refractivity contribution in [2.45, 2.75) is 38.7 Å². The SMILES string of the molecule is C=CCc1ccc(-c2ccc(/C=C/CCCC(C)O)nn2)cc1F. The highest BCUT2D eigenvalue weighted by Crippen LogP contribution is 2.20. The van der Waals surface area contributed by atoms with Crippen LogP contribution in [0.3, 0.4) is 0 Å². The number of aliphatic hydroxyl groups excluding tert-OH is 1. The van der Waals surface area contributed by atoms with E-state index >= 15 is 0 Å². The molecule has 0 fully saturated rings. The van der Waals surface area contributed by atoms with Crippen molar-refractivity contribution in [2.24, 2.45) is 0 Å². The van der Waals surface area contributed by atoms with E-state index in [9.17, 15) is 9.50 Å². The minimum atomic E-state index is -0.254. The van der Waals surface area contributed by atoms with Gasteiger partial charge in [0.15, 0.2) is 0 Å². The Hall–Kier alpha value is -2.33. The van der Waals surface area contributed by atoms with Crippen molar-refractivity contribution in [1.82, 2.24) is 10.2 Å². The smallest absolute Gasteiger partial charge is 0.127 e. The molecule has 1 heterocycles. The molecule has 3 nitrogen and oxygen atoms in total. The quantitative estimate of drug-likeness (QED) is 0.571. The van der Waals surface area contributed by atoms with E-state index in [1.54, 1.807) is 19.1 Å². The molecule has 2 rings (SSSR count). The summed E-state index contributed by atoms with van der Waals surface area (Å²) < 4.78 is 14.0. The molecule has 0 saturated carbocycles. The summed E-state index contributed by atoms with van der Waals surface area (Å²) in [7, 11) is 0. The van der Waals surface area contributed by atoms with E-state index in [-0.39, 0.29) is 11.9 Å². The molecule has 1 unspecified atom stereocenters. The van der Waals surface area contributed by atoms with E-state index in [1.807, 2.05) is 30.4 Å². The van der Waals surface area contributed by atoms with Gasteiger partial charge < -0.3 is 5.11 Å². The molecule has 0 aliphatic rings. The van der Waals surface area contributed by atoms with Crippen molar-refractivity contribution >= 4 is 6.08 Å². The highest BCUT2D eigenvalue weighted by Gasteiger charge is 2.05. The molecular formula is C20H23FN2O. The molecule has 0 saturated heterocycles. The molecule has 126 valence electrons. The van der Waals surface area contributed by atoms with E-state index in [1.165, 1.54) is 6.07 Å². The van der Waals surface area contributed by atoms with Gasteiger partial charge in [0, 0.05) is 5.56 Å². The molecule has 1 atom stereocenters. The Labute approximate surface area is 142 Å². The molecule has 1 N–H and O–H groups in total. The number of benzene rings is 1. The molecule has 0 radical (unpaired) electrons. The van der Waals surface area contributed by atoms with Gasteiger partial charge in [0.1, 0.15) is 5.82 Å². The molecule has 0 aliphatic carbocycles. The Kier molecular flexibility index (Phi) is 6.82. The van der Waals surface area contributed by atoms with Crippen molar-refractivity contribution in [3.63, 3.8) is 0 Å². The van der Waals surface area contributed by atoms with Crippen LogP contribution < -0.4 is 0 Å². The van der Waals surface area contributed by atoms with Crippen molar-refractivity contribution in [2.75, 3.05) is 0 Å². The van der Waals surface area contributed by atoms with Crippen molar-refractivity contribution in [1.29, 1.82) is 0 Å². The van der Waals surface area contributed by atoms with Crippen LogP contribution in [0.4, 0.5) is 4.39 Å². The summed E-state index contributed by atoms with van der Waals surface area (Å²) in [5, 5.41) is 17.5. The molecule has 2 aromatic rings. The second-order valence-corrected chi connectivity index (χ2v) is 5.82. The van der Waals surface area contributed by atoms with Gasteiger partial charge in [0.2, 0.25) is 0 Å². The van der Waals surface area contributed by atoms with Crippen molar-refractivity contribution in [3.8, 4) is 11.3 Å². The Morgan fingerprint density at radius 3 is 2.71 bits per heavy atom. The molecule has 0 bridgehead atoms. The topological polar surface area (TPSA) is 46.0 Å². The number of unbranched alkanes of at least 4 members (excludes halogenated alkanes) is 1. The maximum absolute atomic E-state index is 14.0. The Bertz CT molecular complexity index is 693. The second-order valence-electron chi connectivity index (χ2n) is 5.82. The van der Waals surface area contributed by atoms with E-state index in [2.05, 4.69) is 16.8 Å². The zero-order valence-corrected chi connectivity index (χ0v) is 14.0. The standard InChI is InChI=1S/C20H23FN2O/c1-3-7-16-10-11-17(14-19(16)21)20-13-12-18(22-23-20)9-6-4-5-8-15(2)24/h3,6,9-15,24H,1,4-5,7-8H2,2H3/b9-6+. The summed E-state index contributed by atoms with van der Waals surface area (Å²) in [6, 6.07) is 8.78. The van der Waals surface area contributed by atoms with Gasteiger partial charge in [-0.3, -0.25) is 0 Å². The molecular weight excluding hydrogens is 303 g/mol. The van der Waals surface area contributed by atoms with Crippen LogP contribution in [0.25, 0.3) is 17.3 Å². The lowest BCUT2D eigenvalue weighted by Gasteiger charge is -2.04. The molecule has 0 aliphatic heterocycles. The van der Waals surface area contributed by atoms with Gasteiger partial charge in [-0.1, -0.05) is 24.3 Å². The highest BCUT2D eigenvalue weighted by atomic mass is 19.1. The molecule has 0 spiro atoms. The lowest BCUT2D eigenvalue weighted by molar-refractivity contribution is 0.182. The first-order chi connectivity index (χ1) is 11.6. The lowest BCUT2D eigenvalue weighted by atomic mass is 10.1. The van der Waals surface area contributed by atoms with Crippen molar-refractivity contribution < 1.29 is 9.50 Å². The minimum Gasteiger partial charge on any atom is -0.393 e. The van der Waals surface area contributed by atoms with Crippen LogP contribution in [0.15, 0.2) is 49.1 Å². The van der Waals surface area contributed by atoms with E-state index in [0.717, 1.165) is 25.0 Å². The number of hydrogen-bond acceptors (Lipinski definition) is 3. The third kappa shape index (κ3) is 5.39. The summed E-state index contributed by atoms with van der Waals surface area (Å²) >= 11 is 0. The summed E-state index contributed by atoms with van der Waals surface area (Å²) in [6.07, 6.45) is 8.50. The van der Waals surface area contributed by atoms with E-state index in [4.69, 9.17) is 0 Å². The Balaban J connectivity index is 2.00. The Morgan fingerprint density at radius 2 is 2.08 bits per heavy atom. The lowest BCUT2D eigenvalue weighted by Crippen LogP contribution is -1.97. The average Bonchev–Trinajstić information content (AvgIpc) is 2.57. The number of aromatic nitrogens is 2. The summed E-state index contributed by atoms with van der Waals surface area (Å²) in [5.41, 5.74) is 2.74. The first-order valence-electron chi connectivity index (χ1n) is 8.18. The number of nitrogens with zero attached hydrogens (tertiary/aromatic N) is 2. The van der Waals surface area contributed by atoms with Crippen LogP contribution >= 0.6 is 0 Å². The first kappa shape index (κ1) is 18.0. The van der Waals surface area contributed by atoms with E-state index < -0.39 is 0 Å². The van der Waals surface area contributed by atoms with Crippen LogP contribution in [0.2, 0.25) is 0 Å². The maximum atomic E-state index is 14.0. The van der Waals surface area contributed by atoms with Gasteiger partial charge in [0.25, 0.3) is 0 Å². The first-order valence-corrected chi connectivity index (χ1v) is 8.18. The van der Waals surface area contributed by atoms with Crippen LogP contribution in [-0.4, -0.2) is 21.4 Å². The molecule has 1 aromatic heterocycles. The van der Waals surface area contributed by atoms with Crippen molar-refractivity contribution in [3.05, 3.63) is 66.1 Å². The van der Waals surface area contributed by atoms with Crippen LogP contribution in [0, 0.1) is 5.82 Å². The zero-order chi connectivity index (χ0) is 17.4. The fourth-order valence-corrected chi connectivity index (χ4v) is 2.35. The third-order valence-electron chi connectivity index (χ3n) is 3.68. The van der Waals surface area contributed by atoms with E-state index in [0.29, 0.717) is 23.2 Å². The van der Waals surface area contributed by atoms with Gasteiger partial charge in [-0.2, -0.15) is 5.10 Å². The zero-order valence-electron chi connectivity index (χ0n) is 14.0. The second kappa shape index (κ2) is 9.08. The minimum absolute atomic E-state index is 0.253. The van der Waals surface area contributed by atoms with Gasteiger partial charge in [0.05, 0.1) is 17.5 Å².